The highest BCUT2D eigenvalue weighted by Gasteiger charge is 2.27. The summed E-state index contributed by atoms with van der Waals surface area (Å²) in [5.74, 6) is 0.734. The van der Waals surface area contributed by atoms with E-state index >= 15 is 0 Å². The van der Waals surface area contributed by atoms with Gasteiger partial charge >= 0.3 is 0 Å². The molecule has 2 aromatic rings. The van der Waals surface area contributed by atoms with Gasteiger partial charge in [-0.15, -0.1) is 0 Å². The lowest BCUT2D eigenvalue weighted by Crippen LogP contribution is -2.15. The smallest absolute Gasteiger partial charge is 0.123 e. The van der Waals surface area contributed by atoms with Gasteiger partial charge < -0.3 is 10.2 Å². The molecule has 2 aromatic carbocycles. The van der Waals surface area contributed by atoms with Crippen LogP contribution in [0.15, 0.2) is 34.1 Å². The van der Waals surface area contributed by atoms with Gasteiger partial charge in [-0.1, -0.05) is 65.4 Å². The van der Waals surface area contributed by atoms with Crippen LogP contribution in [0.3, 0.4) is 0 Å². The lowest BCUT2D eigenvalue weighted by molar-refractivity contribution is 0.437. The highest BCUT2D eigenvalue weighted by molar-refractivity contribution is 7.99. The van der Waals surface area contributed by atoms with Gasteiger partial charge in [-0.05, 0) is 47.9 Å². The van der Waals surface area contributed by atoms with Crippen LogP contribution >= 0.6 is 11.8 Å². The summed E-state index contributed by atoms with van der Waals surface area (Å²) in [7, 11) is 0. The summed E-state index contributed by atoms with van der Waals surface area (Å²) < 4.78 is 0. The molecular formula is C22H30O2S. The molecule has 0 heterocycles. The van der Waals surface area contributed by atoms with Gasteiger partial charge in [0, 0.05) is 20.9 Å². The van der Waals surface area contributed by atoms with E-state index in [9.17, 15) is 10.2 Å². The van der Waals surface area contributed by atoms with Crippen LogP contribution in [0.25, 0.3) is 0 Å². The molecule has 2 N–H and O–H groups in total. The maximum Gasteiger partial charge on any atom is 0.123 e. The Kier molecular flexibility index (Phi) is 5.21. The number of hydrogen-bond acceptors (Lipinski definition) is 3. The van der Waals surface area contributed by atoms with Crippen LogP contribution in [0, 0.1) is 13.8 Å². The number of aryl methyl sites for hydroxylation is 2. The summed E-state index contributed by atoms with van der Waals surface area (Å²) in [5.41, 5.74) is 3.34. The highest BCUT2D eigenvalue weighted by Crippen LogP contribution is 2.47. The van der Waals surface area contributed by atoms with Crippen LogP contribution in [0.2, 0.25) is 0 Å². The van der Waals surface area contributed by atoms with Crippen molar-refractivity contribution in [2.24, 2.45) is 0 Å². The van der Waals surface area contributed by atoms with Crippen LogP contribution in [0.4, 0.5) is 0 Å². The molecule has 0 aliphatic heterocycles. The largest absolute Gasteiger partial charge is 0.507 e. The minimum absolute atomic E-state index is 0.174. The van der Waals surface area contributed by atoms with Crippen molar-refractivity contribution in [3.8, 4) is 11.5 Å². The Morgan fingerprint density at radius 1 is 0.640 bits per heavy atom. The standard InChI is InChI=1S/C22H30O2S/c1-13-9-11-15(17(19(13)23)21(3,4)5)25-16-12-10-14(2)20(24)18(16)22(6,7)8/h9-12,23-24H,1-8H3. The Bertz CT molecular complexity index is 726. The van der Waals surface area contributed by atoms with Gasteiger partial charge in [0.05, 0.1) is 0 Å². The fourth-order valence-electron chi connectivity index (χ4n) is 3.09. The molecule has 3 heteroatoms. The number of rotatable bonds is 2. The summed E-state index contributed by atoms with van der Waals surface area (Å²) in [4.78, 5) is 2.06. The number of phenols is 2. The van der Waals surface area contributed by atoms with Crippen molar-refractivity contribution >= 4 is 11.8 Å². The van der Waals surface area contributed by atoms with Gasteiger partial charge in [-0.3, -0.25) is 0 Å². The van der Waals surface area contributed by atoms with Crippen molar-refractivity contribution in [2.75, 3.05) is 0 Å². The maximum atomic E-state index is 10.7. The third-order valence-electron chi connectivity index (χ3n) is 4.40. The summed E-state index contributed by atoms with van der Waals surface area (Å²) in [6.45, 7) is 16.5. The lowest BCUT2D eigenvalue weighted by atomic mass is 9.85. The molecule has 0 saturated heterocycles. The van der Waals surface area contributed by atoms with E-state index in [0.717, 1.165) is 32.0 Å². The second kappa shape index (κ2) is 6.60. The number of phenolic OH excluding ortho intramolecular Hbond substituents is 2. The molecule has 0 saturated carbocycles. The predicted octanol–water partition coefficient (Wildman–Crippen LogP) is 6.46. The van der Waals surface area contributed by atoms with Gasteiger partial charge in [0.25, 0.3) is 0 Å². The Morgan fingerprint density at radius 3 is 1.24 bits per heavy atom. The summed E-state index contributed by atoms with van der Waals surface area (Å²) in [6, 6.07) is 8.06. The molecule has 0 aliphatic carbocycles. The molecule has 0 radical (unpaired) electrons. The Balaban J connectivity index is 2.67. The van der Waals surface area contributed by atoms with Gasteiger partial charge in [0.15, 0.2) is 0 Å². The van der Waals surface area contributed by atoms with Crippen LogP contribution < -0.4 is 0 Å². The zero-order valence-corrected chi connectivity index (χ0v) is 17.4. The predicted molar refractivity (Wildman–Crippen MR) is 107 cm³/mol. The van der Waals surface area contributed by atoms with E-state index < -0.39 is 0 Å². The van der Waals surface area contributed by atoms with E-state index in [2.05, 4.69) is 53.7 Å². The van der Waals surface area contributed by atoms with Crippen LogP contribution in [-0.2, 0) is 10.8 Å². The van der Waals surface area contributed by atoms with Crippen molar-refractivity contribution in [1.82, 2.24) is 0 Å². The Morgan fingerprint density at radius 2 is 0.960 bits per heavy atom. The van der Waals surface area contributed by atoms with Crippen molar-refractivity contribution in [2.45, 2.75) is 76.0 Å². The zero-order chi connectivity index (χ0) is 19.2. The quantitative estimate of drug-likeness (QED) is 0.647. The fourth-order valence-corrected chi connectivity index (χ4v) is 4.61. The number of aromatic hydroxyl groups is 2. The first kappa shape index (κ1) is 19.7. The minimum Gasteiger partial charge on any atom is -0.507 e. The van der Waals surface area contributed by atoms with E-state index in [4.69, 9.17) is 0 Å². The molecule has 0 unspecified atom stereocenters. The maximum absolute atomic E-state index is 10.7. The Labute approximate surface area is 156 Å². The first-order chi connectivity index (χ1) is 11.3. The molecule has 2 rings (SSSR count). The summed E-state index contributed by atoms with van der Waals surface area (Å²) in [6.07, 6.45) is 0. The van der Waals surface area contributed by atoms with Gasteiger partial charge in [0.2, 0.25) is 0 Å². The van der Waals surface area contributed by atoms with Gasteiger partial charge in [0.1, 0.15) is 11.5 Å². The molecule has 0 atom stereocenters. The van der Waals surface area contributed by atoms with Crippen LogP contribution in [-0.4, -0.2) is 10.2 Å². The van der Waals surface area contributed by atoms with E-state index in [0.29, 0.717) is 11.5 Å². The van der Waals surface area contributed by atoms with Crippen LogP contribution in [0.1, 0.15) is 63.8 Å². The zero-order valence-electron chi connectivity index (χ0n) is 16.6. The number of benzene rings is 2. The second-order valence-corrected chi connectivity index (χ2v) is 9.89. The molecule has 0 aromatic heterocycles. The SMILES string of the molecule is Cc1ccc(Sc2ccc(C)c(O)c2C(C)(C)C)c(C(C)(C)C)c1O. The highest BCUT2D eigenvalue weighted by atomic mass is 32.2. The molecule has 0 spiro atoms. The molecule has 0 bridgehead atoms. The van der Waals surface area contributed by atoms with E-state index in [-0.39, 0.29) is 10.8 Å². The van der Waals surface area contributed by atoms with Crippen LogP contribution in [0.5, 0.6) is 11.5 Å². The molecule has 2 nitrogen and oxygen atoms in total. The second-order valence-electron chi connectivity index (χ2n) is 8.81. The number of hydrogen-bond donors (Lipinski definition) is 2. The van der Waals surface area contributed by atoms with Gasteiger partial charge in [-0.25, -0.2) is 0 Å². The molecule has 136 valence electrons. The van der Waals surface area contributed by atoms with Crippen molar-refractivity contribution in [3.63, 3.8) is 0 Å². The normalized spacial score (nSPS) is 12.5. The molecule has 0 aliphatic rings. The summed E-state index contributed by atoms with van der Waals surface area (Å²) >= 11 is 1.62. The van der Waals surface area contributed by atoms with Crippen molar-refractivity contribution in [3.05, 3.63) is 46.5 Å². The molecule has 25 heavy (non-hydrogen) atoms. The van der Waals surface area contributed by atoms with Gasteiger partial charge in [-0.2, -0.15) is 0 Å². The fraction of sp³-hybridized carbons (Fsp3) is 0.455. The Hall–Kier alpha value is -1.61. The first-order valence-corrected chi connectivity index (χ1v) is 9.49. The van der Waals surface area contributed by atoms with E-state index in [1.54, 1.807) is 11.8 Å². The van der Waals surface area contributed by atoms with E-state index in [1.165, 1.54) is 0 Å². The first-order valence-electron chi connectivity index (χ1n) is 8.68. The molecule has 0 fully saturated rings. The topological polar surface area (TPSA) is 40.5 Å². The van der Waals surface area contributed by atoms with Crippen molar-refractivity contribution in [1.29, 1.82) is 0 Å². The summed E-state index contributed by atoms with van der Waals surface area (Å²) in [5, 5.41) is 21.3. The van der Waals surface area contributed by atoms with Crippen molar-refractivity contribution < 1.29 is 10.2 Å². The lowest BCUT2D eigenvalue weighted by Gasteiger charge is -2.28. The average molecular weight is 359 g/mol. The minimum atomic E-state index is -0.174. The third-order valence-corrected chi connectivity index (χ3v) is 5.52. The molecule has 0 amide bonds. The average Bonchev–Trinajstić information content (AvgIpc) is 2.44. The third kappa shape index (κ3) is 3.98. The van der Waals surface area contributed by atoms with E-state index in [1.807, 2.05) is 26.0 Å². The monoisotopic (exact) mass is 358 g/mol. The molecular weight excluding hydrogens is 328 g/mol.